The zero-order valence-corrected chi connectivity index (χ0v) is 18.6. The highest BCUT2D eigenvalue weighted by molar-refractivity contribution is 5.70. The van der Waals surface area contributed by atoms with E-state index in [-0.39, 0.29) is 18.7 Å². The molecule has 31 heavy (non-hydrogen) atoms. The molecule has 1 aromatic carbocycles. The van der Waals surface area contributed by atoms with Crippen molar-refractivity contribution in [1.82, 2.24) is 20.0 Å². The molecule has 166 valence electrons. The lowest BCUT2D eigenvalue weighted by Gasteiger charge is -2.36. The maximum atomic E-state index is 12.9. The fraction of sp³-hybridized carbons (Fsp3) is 0.583. The molecule has 1 aromatic heterocycles. The predicted octanol–water partition coefficient (Wildman–Crippen LogP) is 3.22. The van der Waals surface area contributed by atoms with Crippen molar-refractivity contribution in [1.29, 1.82) is 0 Å². The standard InChI is InChI=1S/C24H32N4O3/c1-24(2,3)31-23(30)27-11-9-20-22-18(8-10-25-13-21(22)27)26-28(20)19-7-6-16(15-4-5-15)12-17(19)14-29/h6-7,12,15,21,25,29H,4-5,8-11,13-14H2,1-3H3/t21-/m0/s1. The van der Waals surface area contributed by atoms with Gasteiger partial charge in [0.1, 0.15) is 5.60 Å². The summed E-state index contributed by atoms with van der Waals surface area (Å²) >= 11 is 0. The number of amides is 1. The van der Waals surface area contributed by atoms with E-state index in [0.717, 1.165) is 41.2 Å². The number of hydrogen-bond acceptors (Lipinski definition) is 5. The van der Waals surface area contributed by atoms with Crippen molar-refractivity contribution in [3.8, 4) is 5.69 Å². The Kier molecular flexibility index (Phi) is 5.06. The third kappa shape index (κ3) is 3.85. The molecule has 1 amide bonds. The van der Waals surface area contributed by atoms with E-state index < -0.39 is 5.60 Å². The molecule has 1 fully saturated rings. The number of aromatic nitrogens is 2. The average Bonchev–Trinajstić information content (AvgIpc) is 3.53. The van der Waals surface area contributed by atoms with Crippen LogP contribution in [0.4, 0.5) is 4.79 Å². The van der Waals surface area contributed by atoms with Crippen molar-refractivity contribution in [3.63, 3.8) is 0 Å². The summed E-state index contributed by atoms with van der Waals surface area (Å²) in [5.74, 6) is 0.643. The van der Waals surface area contributed by atoms with E-state index in [0.29, 0.717) is 25.4 Å². The summed E-state index contributed by atoms with van der Waals surface area (Å²) in [6, 6.07) is 6.34. The fourth-order valence-corrected chi connectivity index (χ4v) is 4.87. The molecule has 2 N–H and O–H groups in total. The van der Waals surface area contributed by atoms with Crippen LogP contribution in [0.2, 0.25) is 0 Å². The Labute approximate surface area is 183 Å². The predicted molar refractivity (Wildman–Crippen MR) is 117 cm³/mol. The van der Waals surface area contributed by atoms with E-state index in [1.54, 1.807) is 0 Å². The first-order chi connectivity index (χ1) is 14.9. The van der Waals surface area contributed by atoms with Gasteiger partial charge in [0, 0.05) is 43.6 Å². The summed E-state index contributed by atoms with van der Waals surface area (Å²) in [6.07, 6.45) is 3.74. The smallest absolute Gasteiger partial charge is 0.410 e. The van der Waals surface area contributed by atoms with Crippen LogP contribution >= 0.6 is 0 Å². The molecule has 0 radical (unpaired) electrons. The van der Waals surface area contributed by atoms with Gasteiger partial charge in [-0.3, -0.25) is 4.90 Å². The molecule has 3 aliphatic rings. The maximum absolute atomic E-state index is 12.9. The van der Waals surface area contributed by atoms with Gasteiger partial charge in [0.2, 0.25) is 0 Å². The topological polar surface area (TPSA) is 79.6 Å². The lowest BCUT2D eigenvalue weighted by Crippen LogP contribution is -2.46. The van der Waals surface area contributed by atoms with E-state index in [9.17, 15) is 9.90 Å². The van der Waals surface area contributed by atoms with Crippen LogP contribution in [0.5, 0.6) is 0 Å². The van der Waals surface area contributed by atoms with Gasteiger partial charge in [-0.05, 0) is 51.2 Å². The Morgan fingerprint density at radius 2 is 2.10 bits per heavy atom. The third-order valence-corrected chi connectivity index (χ3v) is 6.45. The third-order valence-electron chi connectivity index (χ3n) is 6.45. The zero-order valence-electron chi connectivity index (χ0n) is 18.6. The summed E-state index contributed by atoms with van der Waals surface area (Å²) in [6.45, 7) is 7.81. The monoisotopic (exact) mass is 424 g/mol. The number of carbonyl (C=O) groups excluding carboxylic acids is 1. The first-order valence-corrected chi connectivity index (χ1v) is 11.4. The van der Waals surface area contributed by atoms with Crippen LogP contribution in [0, 0.1) is 0 Å². The summed E-state index contributed by atoms with van der Waals surface area (Å²) in [4.78, 5) is 14.8. The fourth-order valence-electron chi connectivity index (χ4n) is 4.87. The second-order valence-electron chi connectivity index (χ2n) is 9.93. The molecule has 2 aromatic rings. The van der Waals surface area contributed by atoms with Gasteiger partial charge in [-0.1, -0.05) is 12.1 Å². The quantitative estimate of drug-likeness (QED) is 0.791. The molecule has 3 heterocycles. The van der Waals surface area contributed by atoms with E-state index >= 15 is 0 Å². The average molecular weight is 425 g/mol. The molecule has 1 aliphatic carbocycles. The summed E-state index contributed by atoms with van der Waals surface area (Å²) in [7, 11) is 0. The van der Waals surface area contributed by atoms with Crippen LogP contribution in [-0.4, -0.2) is 51.1 Å². The minimum Gasteiger partial charge on any atom is -0.444 e. The molecular weight excluding hydrogens is 392 g/mol. The van der Waals surface area contributed by atoms with Crippen molar-refractivity contribution < 1.29 is 14.6 Å². The van der Waals surface area contributed by atoms with Crippen molar-refractivity contribution in [3.05, 3.63) is 46.3 Å². The second kappa shape index (κ2) is 7.64. The lowest BCUT2D eigenvalue weighted by molar-refractivity contribution is 0.0142. The first kappa shape index (κ1) is 20.5. The van der Waals surface area contributed by atoms with E-state index in [1.807, 2.05) is 30.4 Å². The molecule has 7 heteroatoms. The Morgan fingerprint density at radius 1 is 1.29 bits per heavy atom. The lowest BCUT2D eigenvalue weighted by atomic mass is 9.96. The van der Waals surface area contributed by atoms with E-state index in [2.05, 4.69) is 23.5 Å². The highest BCUT2D eigenvalue weighted by atomic mass is 16.6. The molecular formula is C24H32N4O3. The highest BCUT2D eigenvalue weighted by Gasteiger charge is 2.39. The first-order valence-electron chi connectivity index (χ1n) is 11.4. The zero-order chi connectivity index (χ0) is 21.8. The molecule has 1 atom stereocenters. The Morgan fingerprint density at radius 3 is 2.81 bits per heavy atom. The van der Waals surface area contributed by atoms with Crippen LogP contribution in [-0.2, 0) is 24.2 Å². The van der Waals surface area contributed by atoms with Crippen LogP contribution in [0.25, 0.3) is 5.69 Å². The molecule has 7 nitrogen and oxygen atoms in total. The van der Waals surface area contributed by atoms with E-state index in [4.69, 9.17) is 9.84 Å². The molecule has 2 aliphatic heterocycles. The number of aliphatic hydroxyl groups is 1. The normalized spacial score (nSPS) is 20.9. The number of nitrogens with zero attached hydrogens (tertiary/aromatic N) is 3. The van der Waals surface area contributed by atoms with Crippen LogP contribution < -0.4 is 5.32 Å². The minimum absolute atomic E-state index is 0.00508. The largest absolute Gasteiger partial charge is 0.444 e. The van der Waals surface area contributed by atoms with Gasteiger partial charge < -0.3 is 15.2 Å². The van der Waals surface area contributed by atoms with Crippen LogP contribution in [0.15, 0.2) is 18.2 Å². The Balaban J connectivity index is 1.54. The van der Waals surface area contributed by atoms with Gasteiger partial charge in [0.05, 0.1) is 29.7 Å². The summed E-state index contributed by atoms with van der Waals surface area (Å²) in [5.41, 5.74) is 5.99. The van der Waals surface area contributed by atoms with Gasteiger partial charge in [-0.2, -0.15) is 5.10 Å². The summed E-state index contributed by atoms with van der Waals surface area (Å²) < 4.78 is 7.72. The molecule has 5 rings (SSSR count). The molecule has 0 spiro atoms. The number of hydrogen-bond donors (Lipinski definition) is 2. The molecule has 1 saturated carbocycles. The Hall–Kier alpha value is -2.38. The molecule has 0 unspecified atom stereocenters. The highest BCUT2D eigenvalue weighted by Crippen LogP contribution is 2.41. The number of ether oxygens (including phenoxy) is 1. The van der Waals surface area contributed by atoms with Gasteiger partial charge >= 0.3 is 6.09 Å². The number of nitrogens with one attached hydrogen (secondary N) is 1. The van der Waals surface area contributed by atoms with Gasteiger partial charge in [-0.25, -0.2) is 9.48 Å². The Bertz CT molecular complexity index is 1000. The number of rotatable bonds is 3. The van der Waals surface area contributed by atoms with Gasteiger partial charge in [0.15, 0.2) is 0 Å². The van der Waals surface area contributed by atoms with Crippen molar-refractivity contribution in [2.75, 3.05) is 19.6 Å². The number of benzene rings is 1. The summed E-state index contributed by atoms with van der Waals surface area (Å²) in [5, 5.41) is 18.5. The second-order valence-corrected chi connectivity index (χ2v) is 9.93. The number of carbonyl (C=O) groups is 1. The minimum atomic E-state index is -0.526. The van der Waals surface area contributed by atoms with Crippen molar-refractivity contribution in [2.24, 2.45) is 0 Å². The van der Waals surface area contributed by atoms with Gasteiger partial charge in [-0.15, -0.1) is 0 Å². The van der Waals surface area contributed by atoms with Gasteiger partial charge in [0.25, 0.3) is 0 Å². The van der Waals surface area contributed by atoms with Crippen LogP contribution in [0.3, 0.4) is 0 Å². The van der Waals surface area contributed by atoms with Crippen molar-refractivity contribution >= 4 is 6.09 Å². The maximum Gasteiger partial charge on any atom is 0.410 e. The molecule has 0 bridgehead atoms. The number of aliphatic hydroxyl groups excluding tert-OH is 1. The van der Waals surface area contributed by atoms with Crippen molar-refractivity contribution in [2.45, 2.75) is 70.6 Å². The van der Waals surface area contributed by atoms with Crippen LogP contribution in [0.1, 0.15) is 73.7 Å². The SMILES string of the molecule is CC(C)(C)OC(=O)N1CCc2c3c(nn2-c2ccc(C4CC4)cc2CO)CCNC[C@@H]31. The molecule has 0 saturated heterocycles. The van der Waals surface area contributed by atoms with E-state index in [1.165, 1.54) is 18.4 Å².